The predicted molar refractivity (Wildman–Crippen MR) is 147 cm³/mol. The number of amides is 2. The highest BCUT2D eigenvalue weighted by atomic mass is 16.7. The van der Waals surface area contributed by atoms with E-state index in [0.717, 1.165) is 12.8 Å². The van der Waals surface area contributed by atoms with Gasteiger partial charge in [0.1, 0.15) is 0 Å². The average Bonchev–Trinajstić information content (AvgIpc) is 2.97. The molecule has 6 N–H and O–H groups in total. The summed E-state index contributed by atoms with van der Waals surface area (Å²) in [5.41, 5.74) is 8.22. The molecule has 0 aromatic rings. The van der Waals surface area contributed by atoms with E-state index in [1.54, 1.807) is 19.1 Å². The van der Waals surface area contributed by atoms with Gasteiger partial charge >= 0.3 is 0 Å². The highest BCUT2D eigenvalue weighted by molar-refractivity contribution is 5.77. The number of rotatable bonds is 33. The molecule has 0 aliphatic rings. The molecule has 0 spiro atoms. The Balaban J connectivity index is 4.20. The highest BCUT2D eigenvalue weighted by Gasteiger charge is 2.12. The Bertz CT molecular complexity index is 557. The molecular formula is C24H53N7O9. The van der Waals surface area contributed by atoms with E-state index in [1.807, 2.05) is 6.92 Å². The lowest BCUT2D eigenvalue weighted by Crippen LogP contribution is -2.35. The summed E-state index contributed by atoms with van der Waals surface area (Å²) >= 11 is 0. The maximum atomic E-state index is 11.5. The van der Waals surface area contributed by atoms with Gasteiger partial charge in [0.2, 0.25) is 12.3 Å². The van der Waals surface area contributed by atoms with Crippen LogP contribution in [0.4, 0.5) is 0 Å². The zero-order valence-corrected chi connectivity index (χ0v) is 24.5. The summed E-state index contributed by atoms with van der Waals surface area (Å²) in [7, 11) is 3.17. The van der Waals surface area contributed by atoms with Crippen LogP contribution in [0.15, 0.2) is 0 Å². The molecule has 0 bridgehead atoms. The second-order valence-corrected chi connectivity index (χ2v) is 8.39. The first-order chi connectivity index (χ1) is 19.7. The van der Waals surface area contributed by atoms with E-state index < -0.39 is 0 Å². The van der Waals surface area contributed by atoms with Gasteiger partial charge in [-0.05, 0) is 19.8 Å². The summed E-state index contributed by atoms with van der Waals surface area (Å²) < 4.78 is 21.9. The minimum atomic E-state index is -0.150. The molecule has 0 rings (SSSR count). The lowest BCUT2D eigenvalue weighted by atomic mass is 10.1. The van der Waals surface area contributed by atoms with Crippen molar-refractivity contribution >= 4 is 12.3 Å². The van der Waals surface area contributed by atoms with Crippen molar-refractivity contribution in [2.75, 3.05) is 120 Å². The Hall–Kier alpha value is -1.54. The predicted octanol–water partition coefficient (Wildman–Crippen LogP) is -2.08. The maximum Gasteiger partial charge on any atom is 0.236 e. The summed E-state index contributed by atoms with van der Waals surface area (Å²) in [5, 5.41) is 8.58. The van der Waals surface area contributed by atoms with Crippen LogP contribution in [0.3, 0.4) is 0 Å². The molecule has 1 atom stereocenters. The Morgan fingerprint density at radius 3 is 2.30 bits per heavy atom. The molecule has 16 nitrogen and oxygen atoms in total. The third-order valence-electron chi connectivity index (χ3n) is 5.06. The van der Waals surface area contributed by atoms with Crippen LogP contribution in [0.2, 0.25) is 0 Å². The monoisotopic (exact) mass is 583 g/mol. The maximum absolute atomic E-state index is 11.5. The van der Waals surface area contributed by atoms with Crippen molar-refractivity contribution in [2.45, 2.75) is 19.8 Å². The number of hydrogen-bond acceptors (Lipinski definition) is 14. The fourth-order valence-corrected chi connectivity index (χ4v) is 2.95. The lowest BCUT2D eigenvalue weighted by molar-refractivity contribution is -0.122. The van der Waals surface area contributed by atoms with E-state index in [2.05, 4.69) is 32.4 Å². The Kier molecular flexibility index (Phi) is 30.7. The van der Waals surface area contributed by atoms with Crippen LogP contribution in [0, 0.1) is 5.92 Å². The molecule has 0 aliphatic heterocycles. The van der Waals surface area contributed by atoms with E-state index in [4.69, 9.17) is 33.5 Å². The summed E-state index contributed by atoms with van der Waals surface area (Å²) in [4.78, 5) is 39.9. The van der Waals surface area contributed by atoms with E-state index in [9.17, 15) is 9.59 Å². The Morgan fingerprint density at radius 1 is 0.825 bits per heavy atom. The molecule has 0 aliphatic carbocycles. The summed E-state index contributed by atoms with van der Waals surface area (Å²) in [6.45, 7) is 9.50. The number of likely N-dealkylation sites (N-methyl/N-ethyl adjacent to an activating group) is 1. The SMILES string of the molecule is CCONCCONCCOCC(CCN(C=O)CCNCOCNCOC)COCCCONCC(=O)NC. The first-order valence-corrected chi connectivity index (χ1v) is 13.7. The van der Waals surface area contributed by atoms with Gasteiger partial charge in [0.15, 0.2) is 0 Å². The fraction of sp³-hybridized carbons (Fsp3) is 0.917. The van der Waals surface area contributed by atoms with Gasteiger partial charge < -0.3 is 43.7 Å². The van der Waals surface area contributed by atoms with Crippen LogP contribution in [0.1, 0.15) is 19.8 Å². The van der Waals surface area contributed by atoms with Gasteiger partial charge in [-0.2, -0.15) is 5.48 Å². The molecule has 0 fully saturated rings. The van der Waals surface area contributed by atoms with Gasteiger partial charge in [0.05, 0.1) is 66.4 Å². The Morgan fingerprint density at radius 2 is 1.55 bits per heavy atom. The van der Waals surface area contributed by atoms with Gasteiger partial charge in [0, 0.05) is 59.4 Å². The number of nitrogens with zero attached hydrogens (tertiary/aromatic N) is 1. The zero-order valence-electron chi connectivity index (χ0n) is 24.5. The second-order valence-electron chi connectivity index (χ2n) is 8.39. The molecule has 0 heterocycles. The average molecular weight is 584 g/mol. The molecule has 2 amide bonds. The highest BCUT2D eigenvalue weighted by Crippen LogP contribution is 2.07. The smallest absolute Gasteiger partial charge is 0.236 e. The molecule has 1 unspecified atom stereocenters. The van der Waals surface area contributed by atoms with Gasteiger partial charge in [0.25, 0.3) is 0 Å². The summed E-state index contributed by atoms with van der Waals surface area (Å²) in [6, 6.07) is 0. The number of hydroxylamine groups is 3. The first-order valence-electron chi connectivity index (χ1n) is 13.7. The number of hydrogen-bond donors (Lipinski definition) is 6. The summed E-state index contributed by atoms with van der Waals surface area (Å²) in [6.07, 6.45) is 2.25. The molecule has 238 valence electrons. The first kappa shape index (κ1) is 38.5. The fourth-order valence-electron chi connectivity index (χ4n) is 2.95. The van der Waals surface area contributed by atoms with Gasteiger partial charge in [-0.15, -0.1) is 0 Å². The van der Waals surface area contributed by atoms with Crippen molar-refractivity contribution in [3.63, 3.8) is 0 Å². The quantitative estimate of drug-likeness (QED) is 0.0215. The van der Waals surface area contributed by atoms with Gasteiger partial charge in [-0.1, -0.05) is 0 Å². The minimum absolute atomic E-state index is 0.0994. The molecule has 0 saturated carbocycles. The molecule has 16 heteroatoms. The van der Waals surface area contributed by atoms with E-state index in [-0.39, 0.29) is 18.4 Å². The van der Waals surface area contributed by atoms with Crippen LogP contribution >= 0.6 is 0 Å². The third kappa shape index (κ3) is 28.0. The molecule has 0 saturated heterocycles. The van der Waals surface area contributed by atoms with Gasteiger partial charge in [-0.3, -0.25) is 20.2 Å². The Labute approximate surface area is 238 Å². The number of carbonyl (C=O) groups excluding carboxylic acids is 2. The number of carbonyl (C=O) groups is 2. The van der Waals surface area contributed by atoms with Crippen molar-refractivity contribution in [1.82, 2.24) is 37.3 Å². The van der Waals surface area contributed by atoms with Crippen LogP contribution in [0.5, 0.6) is 0 Å². The van der Waals surface area contributed by atoms with E-state index in [1.165, 1.54) is 0 Å². The van der Waals surface area contributed by atoms with Crippen molar-refractivity contribution in [2.24, 2.45) is 5.92 Å². The molecule has 40 heavy (non-hydrogen) atoms. The minimum Gasteiger partial charge on any atom is -0.381 e. The van der Waals surface area contributed by atoms with Crippen LogP contribution in [-0.4, -0.2) is 137 Å². The normalized spacial score (nSPS) is 12.0. The van der Waals surface area contributed by atoms with Crippen LogP contribution in [-0.2, 0) is 43.0 Å². The number of ether oxygens (including phenoxy) is 4. The second kappa shape index (κ2) is 32.0. The topological polar surface area (TPSA) is 174 Å². The van der Waals surface area contributed by atoms with E-state index in [0.29, 0.717) is 106 Å². The zero-order chi connectivity index (χ0) is 29.4. The van der Waals surface area contributed by atoms with Crippen molar-refractivity contribution in [3.8, 4) is 0 Å². The largest absolute Gasteiger partial charge is 0.381 e. The number of methoxy groups -OCH3 is 1. The molecule has 0 radical (unpaired) electrons. The van der Waals surface area contributed by atoms with Crippen LogP contribution < -0.4 is 32.4 Å². The third-order valence-corrected chi connectivity index (χ3v) is 5.06. The molecule has 0 aromatic heterocycles. The van der Waals surface area contributed by atoms with Gasteiger partial charge in [-0.25, -0.2) is 11.0 Å². The van der Waals surface area contributed by atoms with Crippen molar-refractivity contribution in [3.05, 3.63) is 0 Å². The van der Waals surface area contributed by atoms with Crippen molar-refractivity contribution < 1.29 is 43.0 Å². The summed E-state index contributed by atoms with van der Waals surface area (Å²) in [5.74, 6) is -0.0441. The molecular weight excluding hydrogens is 530 g/mol. The van der Waals surface area contributed by atoms with Crippen molar-refractivity contribution in [1.29, 1.82) is 0 Å². The van der Waals surface area contributed by atoms with Crippen LogP contribution in [0.25, 0.3) is 0 Å². The molecule has 0 aromatic carbocycles. The lowest BCUT2D eigenvalue weighted by Gasteiger charge is -2.22. The standard InChI is InChI=1S/C24H53N7O9/c1-4-38-28-9-15-40-29-8-14-36-18-23(17-35-12-5-13-39-30-16-24(33)25-2)6-10-31(22-32)11-7-26-20-37-21-27-19-34-3/h22-23,26-30H,4-21H2,1-3H3,(H,25,33). The number of nitrogens with one attached hydrogen (secondary N) is 6. The van der Waals surface area contributed by atoms with E-state index >= 15 is 0 Å².